The van der Waals surface area contributed by atoms with Gasteiger partial charge >= 0.3 is 0 Å². The lowest BCUT2D eigenvalue weighted by Crippen LogP contribution is -2.58. The van der Waals surface area contributed by atoms with Crippen molar-refractivity contribution >= 4 is 0 Å². The summed E-state index contributed by atoms with van der Waals surface area (Å²) in [6, 6.07) is 0. The van der Waals surface area contributed by atoms with E-state index in [-0.39, 0.29) is 11.2 Å². The quantitative estimate of drug-likeness (QED) is 0.662. The lowest BCUT2D eigenvalue weighted by molar-refractivity contribution is -0.231. The van der Waals surface area contributed by atoms with Gasteiger partial charge in [-0.25, -0.2) is 0 Å². The third-order valence-electron chi connectivity index (χ3n) is 9.87. The van der Waals surface area contributed by atoms with Crippen molar-refractivity contribution in [3.05, 3.63) is 0 Å². The Balaban J connectivity index is 1.42. The fourth-order valence-electron chi connectivity index (χ4n) is 8.21. The number of rotatable bonds is 0. The molecular formula is C23H34O3. The smallest absolute Gasteiger partial charge is 0.168 e. The molecule has 0 aromatic carbocycles. The summed E-state index contributed by atoms with van der Waals surface area (Å²) in [5.74, 6) is 5.35. The van der Waals surface area contributed by atoms with Gasteiger partial charge in [-0.2, -0.15) is 0 Å². The van der Waals surface area contributed by atoms with Gasteiger partial charge in [0, 0.05) is 18.3 Å². The molecule has 1 aliphatic heterocycles. The molecule has 0 aromatic heterocycles. The first-order valence-electron chi connectivity index (χ1n) is 10.8. The Morgan fingerprint density at radius 3 is 2.38 bits per heavy atom. The second-order valence-corrected chi connectivity index (χ2v) is 10.5. The number of terminal acetylenes is 1. The van der Waals surface area contributed by atoms with Crippen LogP contribution in [0, 0.1) is 46.8 Å². The van der Waals surface area contributed by atoms with Gasteiger partial charge in [-0.15, -0.1) is 6.42 Å². The van der Waals surface area contributed by atoms with Gasteiger partial charge in [-0.1, -0.05) is 19.8 Å². The maximum atomic E-state index is 11.1. The molecule has 144 valence electrons. The molecule has 7 atom stereocenters. The van der Waals surface area contributed by atoms with Crippen LogP contribution in [0.4, 0.5) is 0 Å². The van der Waals surface area contributed by atoms with Crippen molar-refractivity contribution in [3.8, 4) is 12.3 Å². The van der Waals surface area contributed by atoms with E-state index < -0.39 is 5.60 Å². The minimum atomic E-state index is -0.886. The molecule has 0 aromatic rings. The number of aliphatic hydroxyl groups is 1. The fourth-order valence-corrected chi connectivity index (χ4v) is 8.21. The van der Waals surface area contributed by atoms with Gasteiger partial charge in [-0.05, 0) is 74.0 Å². The van der Waals surface area contributed by atoms with Gasteiger partial charge in [0.15, 0.2) is 5.79 Å². The molecule has 1 heterocycles. The highest BCUT2D eigenvalue weighted by Crippen LogP contribution is 2.69. The van der Waals surface area contributed by atoms with E-state index in [0.29, 0.717) is 17.3 Å². The van der Waals surface area contributed by atoms with Crippen LogP contribution in [0.25, 0.3) is 0 Å². The molecule has 4 aliphatic carbocycles. The second-order valence-electron chi connectivity index (χ2n) is 10.5. The summed E-state index contributed by atoms with van der Waals surface area (Å²) in [5, 5.41) is 11.1. The van der Waals surface area contributed by atoms with E-state index in [1.54, 1.807) is 0 Å². The van der Waals surface area contributed by atoms with Gasteiger partial charge in [0.1, 0.15) is 5.60 Å². The molecule has 1 N–H and O–H groups in total. The monoisotopic (exact) mass is 358 g/mol. The molecule has 1 spiro atoms. The van der Waals surface area contributed by atoms with Gasteiger partial charge in [0.05, 0.1) is 13.2 Å². The van der Waals surface area contributed by atoms with E-state index in [2.05, 4.69) is 19.8 Å². The number of fused-ring (bicyclic) bond motifs is 5. The Labute approximate surface area is 158 Å². The molecular weight excluding hydrogens is 324 g/mol. The normalized spacial score (nSPS) is 55.0. The summed E-state index contributed by atoms with van der Waals surface area (Å²) in [4.78, 5) is 0. The topological polar surface area (TPSA) is 38.7 Å². The highest BCUT2D eigenvalue weighted by atomic mass is 16.7. The van der Waals surface area contributed by atoms with Crippen LogP contribution in [0.1, 0.15) is 71.6 Å². The molecule has 0 radical (unpaired) electrons. The van der Waals surface area contributed by atoms with Crippen LogP contribution in [0.15, 0.2) is 0 Å². The largest absolute Gasteiger partial charge is 0.377 e. The maximum absolute atomic E-state index is 11.1. The highest BCUT2D eigenvalue weighted by Gasteiger charge is 2.65. The van der Waals surface area contributed by atoms with Crippen LogP contribution in [0.5, 0.6) is 0 Å². The van der Waals surface area contributed by atoms with Crippen molar-refractivity contribution in [3.63, 3.8) is 0 Å². The molecule has 5 rings (SSSR count). The average molecular weight is 359 g/mol. The van der Waals surface area contributed by atoms with Crippen LogP contribution < -0.4 is 0 Å². The van der Waals surface area contributed by atoms with Crippen molar-refractivity contribution < 1.29 is 14.6 Å². The summed E-state index contributed by atoms with van der Waals surface area (Å²) in [5.41, 5.74) is -0.566. The molecule has 1 saturated heterocycles. The van der Waals surface area contributed by atoms with E-state index in [4.69, 9.17) is 15.9 Å². The van der Waals surface area contributed by atoms with Gasteiger partial charge in [0.25, 0.3) is 0 Å². The molecule has 3 heteroatoms. The van der Waals surface area contributed by atoms with Crippen LogP contribution in [0.3, 0.4) is 0 Å². The highest BCUT2D eigenvalue weighted by molar-refractivity contribution is 5.23. The molecule has 3 nitrogen and oxygen atoms in total. The average Bonchev–Trinajstić information content (AvgIpc) is 3.19. The first-order chi connectivity index (χ1) is 12.4. The SMILES string of the molecule is C#CC1(O)CCC2C3CCC4CC5(CCC4(C)C3CCC21C)OCCO5. The van der Waals surface area contributed by atoms with Crippen LogP contribution >= 0.6 is 0 Å². The molecule has 5 fully saturated rings. The van der Waals surface area contributed by atoms with Crippen LogP contribution in [-0.2, 0) is 9.47 Å². The zero-order chi connectivity index (χ0) is 18.2. The summed E-state index contributed by atoms with van der Waals surface area (Å²) < 4.78 is 12.1. The van der Waals surface area contributed by atoms with Crippen molar-refractivity contribution in [2.24, 2.45) is 34.5 Å². The minimum Gasteiger partial charge on any atom is -0.377 e. The van der Waals surface area contributed by atoms with Crippen molar-refractivity contribution in [1.29, 1.82) is 0 Å². The van der Waals surface area contributed by atoms with Gasteiger partial charge in [0.2, 0.25) is 0 Å². The second kappa shape index (κ2) is 5.49. The third kappa shape index (κ3) is 2.07. The number of ether oxygens (including phenoxy) is 2. The van der Waals surface area contributed by atoms with Gasteiger partial charge < -0.3 is 14.6 Å². The van der Waals surface area contributed by atoms with Gasteiger partial charge in [-0.3, -0.25) is 0 Å². The van der Waals surface area contributed by atoms with E-state index in [0.717, 1.165) is 57.2 Å². The molecule has 5 aliphatic rings. The van der Waals surface area contributed by atoms with Crippen LogP contribution in [-0.4, -0.2) is 29.7 Å². The Morgan fingerprint density at radius 2 is 1.65 bits per heavy atom. The lowest BCUT2D eigenvalue weighted by Gasteiger charge is -2.62. The fraction of sp³-hybridized carbons (Fsp3) is 0.913. The van der Waals surface area contributed by atoms with E-state index >= 15 is 0 Å². The third-order valence-corrected chi connectivity index (χ3v) is 9.87. The van der Waals surface area contributed by atoms with Crippen molar-refractivity contribution in [1.82, 2.24) is 0 Å². The van der Waals surface area contributed by atoms with Crippen molar-refractivity contribution in [2.45, 2.75) is 83.0 Å². The molecule has 0 amide bonds. The predicted octanol–water partition coefficient (Wildman–Crippen LogP) is 4.14. The molecule has 26 heavy (non-hydrogen) atoms. The van der Waals surface area contributed by atoms with Crippen LogP contribution in [0.2, 0.25) is 0 Å². The van der Waals surface area contributed by atoms with E-state index in [9.17, 15) is 5.11 Å². The van der Waals surface area contributed by atoms with E-state index in [1.165, 1.54) is 25.7 Å². The Morgan fingerprint density at radius 1 is 0.923 bits per heavy atom. The Bertz CT molecular complexity index is 632. The number of hydrogen-bond acceptors (Lipinski definition) is 3. The van der Waals surface area contributed by atoms with Crippen molar-refractivity contribution in [2.75, 3.05) is 13.2 Å². The first kappa shape index (κ1) is 17.5. The number of hydrogen-bond donors (Lipinski definition) is 1. The lowest BCUT2D eigenvalue weighted by atomic mass is 9.44. The molecule has 4 saturated carbocycles. The standard InChI is InChI=1S/C23H34O3/c1-4-22(24)10-8-19-17-6-5-16-15-23(25-13-14-26-23)12-11-20(16,2)18(17)7-9-21(19,22)3/h1,16-19,24H,5-15H2,2-3H3. The summed E-state index contributed by atoms with van der Waals surface area (Å²) in [7, 11) is 0. The summed E-state index contributed by atoms with van der Waals surface area (Å²) >= 11 is 0. The molecule has 7 unspecified atom stereocenters. The Kier molecular flexibility index (Phi) is 3.70. The maximum Gasteiger partial charge on any atom is 0.168 e. The minimum absolute atomic E-state index is 0.0837. The zero-order valence-electron chi connectivity index (χ0n) is 16.4. The van der Waals surface area contributed by atoms with E-state index in [1.807, 2.05) is 0 Å². The predicted molar refractivity (Wildman–Crippen MR) is 100 cm³/mol. The zero-order valence-corrected chi connectivity index (χ0v) is 16.4. The first-order valence-corrected chi connectivity index (χ1v) is 10.8. The Hall–Kier alpha value is -0.560. The summed E-state index contributed by atoms with van der Waals surface area (Å²) in [6.45, 7) is 6.37. The molecule has 0 bridgehead atoms. The summed E-state index contributed by atoms with van der Waals surface area (Å²) in [6.07, 6.45) is 15.9.